The molecule has 3 nitrogen and oxygen atoms in total. The van der Waals surface area contributed by atoms with Crippen LogP contribution in [0.4, 0.5) is 0 Å². The summed E-state index contributed by atoms with van der Waals surface area (Å²) in [6.45, 7) is 3.59. The molecule has 0 saturated carbocycles. The Morgan fingerprint density at radius 1 is 1.06 bits per heavy atom. The molecular weight excluding hydrogens is 226 g/mol. The molecule has 0 aliphatic heterocycles. The van der Waals surface area contributed by atoms with Crippen LogP contribution in [-0.4, -0.2) is 16.1 Å². The van der Waals surface area contributed by atoms with Gasteiger partial charge in [-0.25, -0.2) is 4.79 Å². The molecule has 18 heavy (non-hydrogen) atoms. The third kappa shape index (κ3) is 1.49. The number of H-pyrrole nitrogens is 1. The molecule has 0 saturated heterocycles. The Morgan fingerprint density at radius 2 is 1.78 bits per heavy atom. The molecule has 0 radical (unpaired) electrons. The van der Waals surface area contributed by atoms with Gasteiger partial charge in [-0.15, -0.1) is 0 Å². The number of aliphatic carboxylic acids is 1. The second kappa shape index (κ2) is 3.74. The first-order valence-electron chi connectivity index (χ1n) is 5.60. The Hall–Kier alpha value is -2.55. The molecule has 2 aromatic carbocycles. The lowest BCUT2D eigenvalue weighted by molar-refractivity contribution is -0.130. The van der Waals surface area contributed by atoms with E-state index in [1.54, 1.807) is 6.07 Å². The predicted octanol–water partition coefficient (Wildman–Crippen LogP) is 3.42. The minimum Gasteiger partial charge on any atom is -0.478 e. The van der Waals surface area contributed by atoms with Gasteiger partial charge in [0.2, 0.25) is 0 Å². The van der Waals surface area contributed by atoms with Crippen LogP contribution in [0.25, 0.3) is 27.4 Å². The first-order valence-corrected chi connectivity index (χ1v) is 5.60. The number of fused-ring (bicyclic) bond motifs is 3. The topological polar surface area (TPSA) is 53.1 Å². The van der Waals surface area contributed by atoms with Crippen molar-refractivity contribution >= 4 is 33.3 Å². The second-order valence-corrected chi connectivity index (χ2v) is 4.21. The summed E-state index contributed by atoms with van der Waals surface area (Å²) in [5, 5.41) is 11.1. The van der Waals surface area contributed by atoms with Gasteiger partial charge < -0.3 is 10.1 Å². The molecule has 2 N–H and O–H groups in total. The summed E-state index contributed by atoms with van der Waals surface area (Å²) >= 11 is 0. The van der Waals surface area contributed by atoms with Crippen LogP contribution >= 0.6 is 0 Å². The molecule has 3 heteroatoms. The van der Waals surface area contributed by atoms with E-state index in [1.165, 1.54) is 0 Å². The number of carboxylic acid groups (broad SMARTS) is 1. The molecule has 3 aromatic rings. The molecule has 0 amide bonds. The van der Waals surface area contributed by atoms with Crippen LogP contribution in [0, 0.1) is 0 Å². The Kier molecular flexibility index (Phi) is 2.20. The van der Waals surface area contributed by atoms with Crippen LogP contribution in [-0.2, 0) is 4.79 Å². The highest BCUT2D eigenvalue weighted by atomic mass is 16.4. The number of carboxylic acids is 1. The van der Waals surface area contributed by atoms with Crippen molar-refractivity contribution in [2.45, 2.75) is 0 Å². The molecule has 0 atom stereocenters. The Balaban J connectivity index is 2.31. The number of para-hydroxylation sites is 1. The van der Waals surface area contributed by atoms with E-state index in [0.717, 1.165) is 21.8 Å². The Bertz CT molecular complexity index is 783. The lowest BCUT2D eigenvalue weighted by Crippen LogP contribution is -1.97. The van der Waals surface area contributed by atoms with Gasteiger partial charge in [0, 0.05) is 21.8 Å². The molecule has 1 heterocycles. The van der Waals surface area contributed by atoms with E-state index in [-0.39, 0.29) is 5.57 Å². The molecular formula is C15H11NO2. The van der Waals surface area contributed by atoms with Gasteiger partial charge in [-0.2, -0.15) is 0 Å². The first-order chi connectivity index (χ1) is 8.66. The quantitative estimate of drug-likeness (QED) is 0.671. The molecule has 0 aliphatic rings. The maximum atomic E-state index is 10.9. The maximum Gasteiger partial charge on any atom is 0.335 e. The van der Waals surface area contributed by atoms with Crippen LogP contribution in [0.2, 0.25) is 0 Å². The summed E-state index contributed by atoms with van der Waals surface area (Å²) in [5.41, 5.74) is 2.80. The standard InChI is InChI=1S/C15H11NO2/c1-9(15(17)18)10-6-7-14-12(8-10)11-4-2-3-5-13(11)16-14/h2-8,16H,1H2,(H,17,18). The normalized spacial score (nSPS) is 10.9. The third-order valence-corrected chi connectivity index (χ3v) is 3.11. The van der Waals surface area contributed by atoms with Gasteiger partial charge in [0.25, 0.3) is 0 Å². The van der Waals surface area contributed by atoms with E-state index in [2.05, 4.69) is 11.6 Å². The molecule has 0 bridgehead atoms. The fourth-order valence-electron chi connectivity index (χ4n) is 2.16. The number of hydrogen-bond donors (Lipinski definition) is 2. The highest BCUT2D eigenvalue weighted by Crippen LogP contribution is 2.27. The zero-order valence-corrected chi connectivity index (χ0v) is 9.60. The summed E-state index contributed by atoms with van der Waals surface area (Å²) < 4.78 is 0. The average molecular weight is 237 g/mol. The third-order valence-electron chi connectivity index (χ3n) is 3.11. The van der Waals surface area contributed by atoms with Crippen LogP contribution in [0.15, 0.2) is 49.0 Å². The lowest BCUT2D eigenvalue weighted by atomic mass is 10.0. The minimum atomic E-state index is -0.991. The number of carbonyl (C=O) groups is 1. The molecule has 3 rings (SSSR count). The van der Waals surface area contributed by atoms with Gasteiger partial charge >= 0.3 is 5.97 Å². The largest absolute Gasteiger partial charge is 0.478 e. The zero-order chi connectivity index (χ0) is 12.7. The highest BCUT2D eigenvalue weighted by Gasteiger charge is 2.10. The van der Waals surface area contributed by atoms with Gasteiger partial charge in [0.15, 0.2) is 0 Å². The van der Waals surface area contributed by atoms with Crippen LogP contribution in [0.1, 0.15) is 5.56 Å². The number of hydrogen-bond acceptors (Lipinski definition) is 1. The van der Waals surface area contributed by atoms with Crippen molar-refractivity contribution in [3.05, 3.63) is 54.6 Å². The molecule has 0 spiro atoms. The molecule has 88 valence electrons. The van der Waals surface area contributed by atoms with Crippen molar-refractivity contribution in [1.29, 1.82) is 0 Å². The van der Waals surface area contributed by atoms with E-state index in [0.29, 0.717) is 5.56 Å². The van der Waals surface area contributed by atoms with Crippen molar-refractivity contribution < 1.29 is 9.90 Å². The lowest BCUT2D eigenvalue weighted by Gasteiger charge is -2.00. The summed E-state index contributed by atoms with van der Waals surface area (Å²) in [7, 11) is 0. The highest BCUT2D eigenvalue weighted by molar-refractivity contribution is 6.16. The molecule has 0 unspecified atom stereocenters. The predicted molar refractivity (Wildman–Crippen MR) is 72.5 cm³/mol. The van der Waals surface area contributed by atoms with E-state index in [9.17, 15) is 4.79 Å². The smallest absolute Gasteiger partial charge is 0.335 e. The van der Waals surface area contributed by atoms with Crippen molar-refractivity contribution in [3.63, 3.8) is 0 Å². The monoisotopic (exact) mass is 237 g/mol. The Labute approximate surface area is 103 Å². The van der Waals surface area contributed by atoms with Crippen LogP contribution in [0.3, 0.4) is 0 Å². The summed E-state index contributed by atoms with van der Waals surface area (Å²) in [6, 6.07) is 13.5. The van der Waals surface area contributed by atoms with Crippen LogP contribution in [0.5, 0.6) is 0 Å². The number of benzene rings is 2. The van der Waals surface area contributed by atoms with Gasteiger partial charge in [-0.05, 0) is 23.8 Å². The van der Waals surface area contributed by atoms with E-state index in [1.807, 2.05) is 36.4 Å². The summed E-state index contributed by atoms with van der Waals surface area (Å²) in [4.78, 5) is 14.2. The van der Waals surface area contributed by atoms with E-state index >= 15 is 0 Å². The van der Waals surface area contributed by atoms with Gasteiger partial charge in [-0.3, -0.25) is 0 Å². The number of nitrogens with one attached hydrogen (secondary N) is 1. The van der Waals surface area contributed by atoms with E-state index < -0.39 is 5.97 Å². The van der Waals surface area contributed by atoms with Crippen molar-refractivity contribution in [2.75, 3.05) is 0 Å². The fraction of sp³-hybridized carbons (Fsp3) is 0. The molecule has 0 aliphatic carbocycles. The SMILES string of the molecule is C=C(C(=O)O)c1ccc2[nH]c3ccccc3c2c1. The number of aromatic amines is 1. The van der Waals surface area contributed by atoms with Gasteiger partial charge in [0.05, 0.1) is 5.57 Å². The maximum absolute atomic E-state index is 10.9. The van der Waals surface area contributed by atoms with Crippen molar-refractivity contribution in [2.24, 2.45) is 0 Å². The van der Waals surface area contributed by atoms with Gasteiger partial charge in [0.1, 0.15) is 0 Å². The Morgan fingerprint density at radius 3 is 2.56 bits per heavy atom. The van der Waals surface area contributed by atoms with E-state index in [4.69, 9.17) is 5.11 Å². The van der Waals surface area contributed by atoms with Crippen molar-refractivity contribution in [3.8, 4) is 0 Å². The second-order valence-electron chi connectivity index (χ2n) is 4.21. The molecule has 1 aromatic heterocycles. The van der Waals surface area contributed by atoms with Gasteiger partial charge in [-0.1, -0.05) is 30.8 Å². The average Bonchev–Trinajstić information content (AvgIpc) is 2.75. The number of rotatable bonds is 2. The minimum absolute atomic E-state index is 0.113. The first kappa shape index (κ1) is 10.6. The number of aromatic nitrogens is 1. The zero-order valence-electron chi connectivity index (χ0n) is 9.60. The van der Waals surface area contributed by atoms with Crippen molar-refractivity contribution in [1.82, 2.24) is 4.98 Å². The summed E-state index contributed by atoms with van der Waals surface area (Å²) in [5.74, 6) is -0.991. The van der Waals surface area contributed by atoms with Crippen LogP contribution < -0.4 is 0 Å². The fourth-order valence-corrected chi connectivity index (χ4v) is 2.16. The summed E-state index contributed by atoms with van der Waals surface area (Å²) in [6.07, 6.45) is 0. The molecule has 0 fully saturated rings.